The van der Waals surface area contributed by atoms with E-state index in [1.54, 1.807) is 27.3 Å². The van der Waals surface area contributed by atoms with E-state index in [0.29, 0.717) is 47.4 Å². The number of piperidine rings is 1. The van der Waals surface area contributed by atoms with Crippen molar-refractivity contribution < 1.29 is 14.3 Å². The van der Waals surface area contributed by atoms with Gasteiger partial charge in [-0.05, 0) is 51.0 Å². The monoisotopic (exact) mass is 448 g/mol. The number of hydrogen-bond donors (Lipinski definition) is 2. The Morgan fingerprint density at radius 2 is 1.94 bits per heavy atom. The second-order valence-corrected chi connectivity index (χ2v) is 8.16. The number of aromatic amines is 1. The number of imidazole rings is 1. The molecule has 2 N–H and O–H groups in total. The molecular weight excluding hydrogens is 420 g/mol. The van der Waals surface area contributed by atoms with Crippen LogP contribution >= 0.6 is 0 Å². The quantitative estimate of drug-likeness (QED) is 0.621. The number of rotatable bonds is 5. The molecule has 3 aromatic rings. The molecule has 9 heteroatoms. The first-order valence-electron chi connectivity index (χ1n) is 11.0. The van der Waals surface area contributed by atoms with E-state index < -0.39 is 0 Å². The van der Waals surface area contributed by atoms with Crippen LogP contribution in [0.1, 0.15) is 56.9 Å². The van der Waals surface area contributed by atoms with Crippen molar-refractivity contribution in [2.45, 2.75) is 32.6 Å². The number of amides is 2. The van der Waals surface area contributed by atoms with E-state index in [-0.39, 0.29) is 17.7 Å². The van der Waals surface area contributed by atoms with Crippen molar-refractivity contribution in [2.75, 3.05) is 27.2 Å². The second kappa shape index (κ2) is 9.40. The summed E-state index contributed by atoms with van der Waals surface area (Å²) in [4.78, 5) is 44.1. The highest BCUT2D eigenvalue weighted by atomic mass is 16.5. The highest BCUT2D eigenvalue weighted by Gasteiger charge is 2.30. The topological polar surface area (TPSA) is 113 Å². The Bertz CT molecular complexity index is 1170. The molecule has 4 rings (SSSR count). The van der Waals surface area contributed by atoms with E-state index in [2.05, 4.69) is 20.3 Å². The number of methoxy groups -OCH3 is 1. The van der Waals surface area contributed by atoms with Gasteiger partial charge in [-0.2, -0.15) is 0 Å². The van der Waals surface area contributed by atoms with E-state index in [0.717, 1.165) is 24.2 Å². The van der Waals surface area contributed by atoms with Gasteiger partial charge in [0.05, 0.1) is 18.4 Å². The molecule has 2 amide bonds. The SMILES string of the molecule is CNC(=O)c1[nH]c(C2CCCN(C(=O)c3cnc(C)nc3C)C2)nc1-c1ccc(OC)cc1. The van der Waals surface area contributed by atoms with Crippen LogP contribution in [0.25, 0.3) is 11.3 Å². The zero-order valence-corrected chi connectivity index (χ0v) is 19.3. The number of nitrogens with zero attached hydrogens (tertiary/aromatic N) is 4. The van der Waals surface area contributed by atoms with E-state index in [1.165, 1.54) is 0 Å². The summed E-state index contributed by atoms with van der Waals surface area (Å²) in [5.41, 5.74) is 3.00. The molecule has 0 radical (unpaired) electrons. The first kappa shape index (κ1) is 22.4. The molecule has 1 aliphatic rings. The molecule has 2 aromatic heterocycles. The maximum atomic E-state index is 13.2. The predicted molar refractivity (Wildman–Crippen MR) is 123 cm³/mol. The molecular formula is C24H28N6O3. The van der Waals surface area contributed by atoms with Crippen LogP contribution in [0.4, 0.5) is 0 Å². The average Bonchev–Trinajstić information content (AvgIpc) is 3.29. The molecule has 1 aromatic carbocycles. The van der Waals surface area contributed by atoms with E-state index in [1.807, 2.05) is 36.1 Å². The predicted octanol–water partition coefficient (Wildman–Crippen LogP) is 2.87. The summed E-state index contributed by atoms with van der Waals surface area (Å²) in [5.74, 6) is 1.75. The number of benzene rings is 1. The van der Waals surface area contributed by atoms with Gasteiger partial charge in [0.25, 0.3) is 11.8 Å². The second-order valence-electron chi connectivity index (χ2n) is 8.16. The first-order valence-corrected chi connectivity index (χ1v) is 11.0. The van der Waals surface area contributed by atoms with Gasteiger partial charge in [-0.3, -0.25) is 9.59 Å². The van der Waals surface area contributed by atoms with Crippen molar-refractivity contribution in [2.24, 2.45) is 0 Å². The van der Waals surface area contributed by atoms with Gasteiger partial charge in [-0.25, -0.2) is 15.0 Å². The molecule has 1 atom stereocenters. The molecule has 1 saturated heterocycles. The minimum Gasteiger partial charge on any atom is -0.497 e. The molecule has 0 bridgehead atoms. The van der Waals surface area contributed by atoms with Crippen LogP contribution in [0.5, 0.6) is 5.75 Å². The molecule has 0 saturated carbocycles. The molecule has 0 aliphatic carbocycles. The number of carbonyl (C=O) groups is 2. The third-order valence-electron chi connectivity index (χ3n) is 5.97. The molecule has 1 unspecified atom stereocenters. The van der Waals surface area contributed by atoms with E-state index in [4.69, 9.17) is 9.72 Å². The summed E-state index contributed by atoms with van der Waals surface area (Å²) in [7, 11) is 3.20. The summed E-state index contributed by atoms with van der Waals surface area (Å²) >= 11 is 0. The summed E-state index contributed by atoms with van der Waals surface area (Å²) in [6, 6.07) is 7.43. The number of aromatic nitrogens is 4. The van der Waals surface area contributed by atoms with Gasteiger partial charge in [0.1, 0.15) is 28.8 Å². The maximum Gasteiger partial charge on any atom is 0.269 e. The van der Waals surface area contributed by atoms with Crippen molar-refractivity contribution in [3.63, 3.8) is 0 Å². The molecule has 33 heavy (non-hydrogen) atoms. The highest BCUT2D eigenvalue weighted by molar-refractivity contribution is 5.98. The zero-order valence-electron chi connectivity index (χ0n) is 19.3. The van der Waals surface area contributed by atoms with Crippen molar-refractivity contribution in [3.8, 4) is 17.0 Å². The van der Waals surface area contributed by atoms with Gasteiger partial charge in [-0.15, -0.1) is 0 Å². The lowest BCUT2D eigenvalue weighted by molar-refractivity contribution is 0.0702. The Morgan fingerprint density at radius 1 is 1.18 bits per heavy atom. The lowest BCUT2D eigenvalue weighted by Gasteiger charge is -2.32. The molecule has 0 spiro atoms. The van der Waals surface area contributed by atoms with Crippen molar-refractivity contribution in [1.82, 2.24) is 30.2 Å². The third-order valence-corrected chi connectivity index (χ3v) is 5.97. The van der Waals surface area contributed by atoms with Gasteiger partial charge in [0.2, 0.25) is 0 Å². The lowest BCUT2D eigenvalue weighted by Crippen LogP contribution is -2.39. The summed E-state index contributed by atoms with van der Waals surface area (Å²) in [5, 5.41) is 2.68. The van der Waals surface area contributed by atoms with Gasteiger partial charge < -0.3 is 19.9 Å². The number of nitrogens with one attached hydrogen (secondary N) is 2. The van der Waals surface area contributed by atoms with Gasteiger partial charge in [0, 0.05) is 37.8 Å². The minimum atomic E-state index is -0.240. The minimum absolute atomic E-state index is 0.00947. The van der Waals surface area contributed by atoms with Crippen LogP contribution in [0.3, 0.4) is 0 Å². The fourth-order valence-electron chi connectivity index (χ4n) is 4.18. The van der Waals surface area contributed by atoms with Crippen LogP contribution in [-0.4, -0.2) is 63.9 Å². The first-order chi connectivity index (χ1) is 15.9. The zero-order chi connectivity index (χ0) is 23.5. The summed E-state index contributed by atoms with van der Waals surface area (Å²) in [6.07, 6.45) is 3.31. The van der Waals surface area contributed by atoms with Crippen LogP contribution in [-0.2, 0) is 0 Å². The number of aryl methyl sites for hydroxylation is 2. The maximum absolute atomic E-state index is 13.2. The number of likely N-dealkylation sites (tertiary alicyclic amines) is 1. The average molecular weight is 449 g/mol. The summed E-state index contributed by atoms with van der Waals surface area (Å²) < 4.78 is 5.24. The number of ether oxygens (including phenoxy) is 1. The largest absolute Gasteiger partial charge is 0.497 e. The Labute approximate surface area is 192 Å². The Balaban J connectivity index is 1.62. The fraction of sp³-hybridized carbons (Fsp3) is 0.375. The van der Waals surface area contributed by atoms with Crippen LogP contribution < -0.4 is 10.1 Å². The molecule has 172 valence electrons. The van der Waals surface area contributed by atoms with Crippen LogP contribution in [0, 0.1) is 13.8 Å². The summed E-state index contributed by atoms with van der Waals surface area (Å²) in [6.45, 7) is 4.80. The Morgan fingerprint density at radius 3 is 2.61 bits per heavy atom. The van der Waals surface area contributed by atoms with Crippen molar-refractivity contribution in [1.29, 1.82) is 0 Å². The molecule has 1 fully saturated rings. The highest BCUT2D eigenvalue weighted by Crippen LogP contribution is 2.31. The fourth-order valence-corrected chi connectivity index (χ4v) is 4.18. The van der Waals surface area contributed by atoms with E-state index in [9.17, 15) is 9.59 Å². The molecule has 9 nitrogen and oxygen atoms in total. The molecule has 3 heterocycles. The van der Waals surface area contributed by atoms with Gasteiger partial charge in [-0.1, -0.05) is 0 Å². The van der Waals surface area contributed by atoms with Gasteiger partial charge in [0.15, 0.2) is 0 Å². The third kappa shape index (κ3) is 4.57. The van der Waals surface area contributed by atoms with Crippen molar-refractivity contribution >= 4 is 11.8 Å². The number of carbonyl (C=O) groups excluding carboxylic acids is 2. The van der Waals surface area contributed by atoms with Crippen molar-refractivity contribution in [3.05, 3.63) is 59.1 Å². The normalized spacial score (nSPS) is 15.9. The van der Waals surface area contributed by atoms with Gasteiger partial charge >= 0.3 is 0 Å². The number of H-pyrrole nitrogens is 1. The van der Waals surface area contributed by atoms with E-state index >= 15 is 0 Å². The Kier molecular flexibility index (Phi) is 6.39. The smallest absolute Gasteiger partial charge is 0.269 e. The Hall–Kier alpha value is -3.75. The van der Waals surface area contributed by atoms with Crippen LogP contribution in [0.2, 0.25) is 0 Å². The number of hydrogen-bond acceptors (Lipinski definition) is 6. The molecule has 1 aliphatic heterocycles. The standard InChI is InChI=1S/C24H28N6O3/c1-14-19(12-26-15(2)27-14)24(32)30-11-5-6-17(13-30)22-28-20(21(29-22)23(31)25-3)16-7-9-18(33-4)10-8-16/h7-10,12,17H,5-6,11,13H2,1-4H3,(H,25,31)(H,28,29). The van der Waals surface area contributed by atoms with Crippen LogP contribution in [0.15, 0.2) is 30.5 Å². The lowest BCUT2D eigenvalue weighted by atomic mass is 9.96.